The molecule has 1 aliphatic heterocycles. The van der Waals surface area contributed by atoms with Gasteiger partial charge in [-0.2, -0.15) is 0 Å². The van der Waals surface area contributed by atoms with Gasteiger partial charge in [-0.3, -0.25) is 9.59 Å². The highest BCUT2D eigenvalue weighted by Crippen LogP contribution is 2.23. The number of ketones is 1. The Labute approximate surface area is 105 Å². The third kappa shape index (κ3) is 4.03. The maximum atomic E-state index is 11.7. The number of amides is 1. The maximum absolute atomic E-state index is 11.7. The molecule has 1 heterocycles. The van der Waals surface area contributed by atoms with E-state index in [1.54, 1.807) is 13.8 Å². The number of nitrogens with zero attached hydrogens (tertiary/aromatic N) is 1. The number of thioether (sulfide) groups is 1. The van der Waals surface area contributed by atoms with Crippen LogP contribution in [-0.4, -0.2) is 46.3 Å². The van der Waals surface area contributed by atoms with Crippen molar-refractivity contribution >= 4 is 29.4 Å². The van der Waals surface area contributed by atoms with Crippen LogP contribution in [0.4, 0.5) is 0 Å². The summed E-state index contributed by atoms with van der Waals surface area (Å²) in [5.41, 5.74) is 0. The zero-order chi connectivity index (χ0) is 13.0. The second-order valence-corrected chi connectivity index (χ2v) is 5.24. The Morgan fingerprint density at radius 1 is 1.41 bits per heavy atom. The molecule has 1 amide bonds. The van der Waals surface area contributed by atoms with Crippen molar-refractivity contribution in [1.82, 2.24) is 4.90 Å². The molecule has 0 spiro atoms. The Bertz CT molecular complexity index is 329. The van der Waals surface area contributed by atoms with Crippen molar-refractivity contribution in [2.75, 3.05) is 11.6 Å². The smallest absolute Gasteiger partial charge is 0.330 e. The van der Waals surface area contributed by atoms with Crippen LogP contribution in [0.2, 0.25) is 0 Å². The number of esters is 1. The van der Waals surface area contributed by atoms with Gasteiger partial charge in [0.25, 0.3) is 0 Å². The van der Waals surface area contributed by atoms with E-state index >= 15 is 0 Å². The number of carbonyl (C=O) groups excluding carboxylic acids is 3. The predicted molar refractivity (Wildman–Crippen MR) is 64.5 cm³/mol. The fourth-order valence-corrected chi connectivity index (χ4v) is 2.67. The molecule has 0 aliphatic carbocycles. The number of carbonyl (C=O) groups is 3. The molecular weight excluding hydrogens is 242 g/mol. The van der Waals surface area contributed by atoms with Crippen molar-refractivity contribution in [3.63, 3.8) is 0 Å². The van der Waals surface area contributed by atoms with Gasteiger partial charge in [0.1, 0.15) is 11.8 Å². The summed E-state index contributed by atoms with van der Waals surface area (Å²) >= 11 is 1.49. The summed E-state index contributed by atoms with van der Waals surface area (Å²) in [7, 11) is 0. The number of hydrogen-bond acceptors (Lipinski definition) is 5. The fraction of sp³-hybridized carbons (Fsp3) is 0.727. The maximum Gasteiger partial charge on any atom is 0.330 e. The Morgan fingerprint density at radius 3 is 2.59 bits per heavy atom. The normalized spacial score (nSPS) is 19.5. The minimum absolute atomic E-state index is 0.147. The summed E-state index contributed by atoms with van der Waals surface area (Å²) in [6.45, 7) is 4.89. The highest BCUT2D eigenvalue weighted by Gasteiger charge is 2.36. The van der Waals surface area contributed by atoms with Crippen molar-refractivity contribution in [3.8, 4) is 0 Å². The topological polar surface area (TPSA) is 63.7 Å². The Balaban J connectivity index is 2.62. The lowest BCUT2D eigenvalue weighted by molar-refractivity contribution is -0.156. The molecule has 6 heteroatoms. The molecule has 1 fully saturated rings. The summed E-state index contributed by atoms with van der Waals surface area (Å²) in [5, 5.41) is 0. The van der Waals surface area contributed by atoms with Crippen LogP contribution >= 0.6 is 11.8 Å². The van der Waals surface area contributed by atoms with Crippen LogP contribution < -0.4 is 0 Å². The van der Waals surface area contributed by atoms with Crippen molar-refractivity contribution in [1.29, 1.82) is 0 Å². The molecular formula is C11H17NO4S. The van der Waals surface area contributed by atoms with Crippen LogP contribution in [-0.2, 0) is 19.1 Å². The van der Waals surface area contributed by atoms with Crippen LogP contribution in [0, 0.1) is 0 Å². The van der Waals surface area contributed by atoms with Crippen molar-refractivity contribution in [2.24, 2.45) is 0 Å². The van der Waals surface area contributed by atoms with Crippen molar-refractivity contribution in [2.45, 2.75) is 39.3 Å². The first-order valence-electron chi connectivity index (χ1n) is 5.49. The first kappa shape index (κ1) is 14.0. The van der Waals surface area contributed by atoms with Crippen LogP contribution in [0.15, 0.2) is 0 Å². The molecule has 0 aromatic rings. The molecule has 5 nitrogen and oxygen atoms in total. The van der Waals surface area contributed by atoms with Gasteiger partial charge in [-0.1, -0.05) is 0 Å². The molecule has 0 bridgehead atoms. The van der Waals surface area contributed by atoms with Crippen LogP contribution in [0.25, 0.3) is 0 Å². The van der Waals surface area contributed by atoms with Crippen LogP contribution in [0.3, 0.4) is 0 Å². The van der Waals surface area contributed by atoms with Gasteiger partial charge in [-0.15, -0.1) is 11.8 Å². The number of hydrogen-bond donors (Lipinski definition) is 0. The van der Waals surface area contributed by atoms with E-state index in [1.165, 1.54) is 23.6 Å². The lowest BCUT2D eigenvalue weighted by atomic mass is 10.2. The van der Waals surface area contributed by atoms with E-state index < -0.39 is 6.04 Å². The molecule has 0 aromatic heterocycles. The molecule has 0 unspecified atom stereocenters. The molecule has 0 aromatic carbocycles. The molecule has 96 valence electrons. The number of Topliss-reactive ketones (excluding diaryl/α,β-unsaturated/α-hetero) is 1. The minimum atomic E-state index is -0.547. The molecule has 0 N–H and O–H groups in total. The zero-order valence-corrected chi connectivity index (χ0v) is 11.1. The van der Waals surface area contributed by atoms with Gasteiger partial charge in [0.2, 0.25) is 5.91 Å². The zero-order valence-electron chi connectivity index (χ0n) is 10.3. The SMILES string of the molecule is CC(=O)CC(=O)N1CSC[C@H]1C(=O)OC(C)C. The van der Waals surface area contributed by atoms with Crippen molar-refractivity contribution in [3.05, 3.63) is 0 Å². The van der Waals surface area contributed by atoms with Gasteiger partial charge in [0.15, 0.2) is 0 Å². The Morgan fingerprint density at radius 2 is 2.06 bits per heavy atom. The summed E-state index contributed by atoms with van der Waals surface area (Å²) in [4.78, 5) is 35.8. The first-order valence-corrected chi connectivity index (χ1v) is 6.64. The van der Waals surface area contributed by atoms with E-state index in [0.717, 1.165) is 0 Å². The van der Waals surface area contributed by atoms with E-state index in [2.05, 4.69) is 0 Å². The summed E-state index contributed by atoms with van der Waals surface area (Å²) < 4.78 is 5.09. The molecule has 0 radical (unpaired) electrons. The molecule has 17 heavy (non-hydrogen) atoms. The quantitative estimate of drug-likeness (QED) is 0.552. The second-order valence-electron chi connectivity index (χ2n) is 4.24. The Kier molecular flexibility index (Phi) is 4.99. The van der Waals surface area contributed by atoms with E-state index in [4.69, 9.17) is 4.74 Å². The molecule has 1 aliphatic rings. The summed E-state index contributed by atoms with van der Waals surface area (Å²) in [5.74, 6) is 0.108. The van der Waals surface area contributed by atoms with Gasteiger partial charge >= 0.3 is 5.97 Å². The molecule has 0 saturated carbocycles. The van der Waals surface area contributed by atoms with Crippen LogP contribution in [0.5, 0.6) is 0 Å². The van der Waals surface area contributed by atoms with Crippen molar-refractivity contribution < 1.29 is 19.1 Å². The minimum Gasteiger partial charge on any atom is -0.461 e. The van der Waals surface area contributed by atoms with Crippen LogP contribution in [0.1, 0.15) is 27.2 Å². The number of ether oxygens (including phenoxy) is 1. The predicted octanol–water partition coefficient (Wildman–Crippen LogP) is 0.819. The highest BCUT2D eigenvalue weighted by molar-refractivity contribution is 7.99. The lowest BCUT2D eigenvalue weighted by Crippen LogP contribution is -2.43. The Hall–Kier alpha value is -1.04. The second kappa shape index (κ2) is 6.05. The largest absolute Gasteiger partial charge is 0.461 e. The van der Waals surface area contributed by atoms with Gasteiger partial charge in [0, 0.05) is 5.75 Å². The summed E-state index contributed by atoms with van der Waals surface area (Å²) in [6, 6.07) is -0.547. The number of rotatable bonds is 4. The van der Waals surface area contributed by atoms with Gasteiger partial charge in [-0.05, 0) is 20.8 Å². The van der Waals surface area contributed by atoms with Gasteiger partial charge in [-0.25, -0.2) is 4.79 Å². The van der Waals surface area contributed by atoms with E-state index in [-0.39, 0.29) is 30.2 Å². The summed E-state index contributed by atoms with van der Waals surface area (Å²) in [6.07, 6.45) is -0.343. The first-order chi connectivity index (χ1) is 7.91. The van der Waals surface area contributed by atoms with E-state index in [0.29, 0.717) is 11.6 Å². The molecule has 1 rings (SSSR count). The molecule has 1 saturated heterocycles. The lowest BCUT2D eigenvalue weighted by Gasteiger charge is -2.22. The van der Waals surface area contributed by atoms with E-state index in [1.807, 2.05) is 0 Å². The third-order valence-corrected chi connectivity index (χ3v) is 3.24. The van der Waals surface area contributed by atoms with Gasteiger partial charge in [0.05, 0.1) is 18.4 Å². The third-order valence-electron chi connectivity index (χ3n) is 2.23. The standard InChI is InChI=1S/C11H17NO4S/c1-7(2)16-11(15)9-5-17-6-12(9)10(14)4-8(3)13/h7,9H,4-6H2,1-3H3/t9-/m0/s1. The average molecular weight is 259 g/mol. The van der Waals surface area contributed by atoms with Gasteiger partial charge < -0.3 is 9.64 Å². The fourth-order valence-electron chi connectivity index (χ4n) is 1.51. The average Bonchev–Trinajstić information content (AvgIpc) is 2.63. The monoisotopic (exact) mass is 259 g/mol. The van der Waals surface area contributed by atoms with E-state index in [9.17, 15) is 14.4 Å². The highest BCUT2D eigenvalue weighted by atomic mass is 32.2. The molecule has 1 atom stereocenters.